The van der Waals surface area contributed by atoms with Crippen LogP contribution in [0.3, 0.4) is 0 Å². The van der Waals surface area contributed by atoms with Gasteiger partial charge >= 0.3 is 0 Å². The molecule has 114 valence electrons. The number of aryl methyl sites for hydroxylation is 2. The van der Waals surface area contributed by atoms with E-state index in [9.17, 15) is 4.79 Å². The quantitative estimate of drug-likeness (QED) is 0.926. The highest BCUT2D eigenvalue weighted by Crippen LogP contribution is 2.37. The molecular weight excluding hydrogens is 274 g/mol. The number of fused-ring (bicyclic) bond motifs is 1. The number of anilines is 1. The Hall–Kier alpha value is -2.29. The lowest BCUT2D eigenvalue weighted by atomic mass is 9.91. The van der Waals surface area contributed by atoms with Crippen LogP contribution in [-0.4, -0.2) is 12.5 Å². The van der Waals surface area contributed by atoms with Crippen molar-refractivity contribution in [3.8, 4) is 5.75 Å². The normalized spacial score (nSPS) is 16.3. The van der Waals surface area contributed by atoms with E-state index in [1.54, 1.807) is 0 Å². The number of hydrogen-bond acceptors (Lipinski definition) is 2. The smallest absolute Gasteiger partial charge is 0.232 e. The van der Waals surface area contributed by atoms with Crippen molar-refractivity contribution in [3.05, 3.63) is 58.7 Å². The highest BCUT2D eigenvalue weighted by molar-refractivity contribution is 6.04. The zero-order valence-electron chi connectivity index (χ0n) is 13.3. The van der Waals surface area contributed by atoms with Crippen LogP contribution in [0.15, 0.2) is 36.4 Å². The van der Waals surface area contributed by atoms with E-state index in [-0.39, 0.29) is 11.8 Å². The molecule has 1 aliphatic heterocycles. The van der Waals surface area contributed by atoms with Gasteiger partial charge in [0.2, 0.25) is 5.91 Å². The third-order valence-electron chi connectivity index (χ3n) is 4.12. The Morgan fingerprint density at radius 2 is 1.86 bits per heavy atom. The van der Waals surface area contributed by atoms with Gasteiger partial charge in [-0.15, -0.1) is 0 Å². The summed E-state index contributed by atoms with van der Waals surface area (Å²) < 4.78 is 5.46. The van der Waals surface area contributed by atoms with Gasteiger partial charge in [0.1, 0.15) is 5.75 Å². The number of hydrogen-bond donors (Lipinski definition) is 1. The van der Waals surface area contributed by atoms with E-state index in [2.05, 4.69) is 24.4 Å². The van der Waals surface area contributed by atoms with E-state index in [0.717, 1.165) is 28.1 Å². The Labute approximate surface area is 131 Å². The Morgan fingerprint density at radius 3 is 2.55 bits per heavy atom. The maximum absolute atomic E-state index is 12.3. The summed E-state index contributed by atoms with van der Waals surface area (Å²) in [7, 11) is 0. The largest absolute Gasteiger partial charge is 0.494 e. The summed E-state index contributed by atoms with van der Waals surface area (Å²) in [6, 6.07) is 12.2. The third kappa shape index (κ3) is 2.71. The van der Waals surface area contributed by atoms with Crippen molar-refractivity contribution >= 4 is 11.6 Å². The van der Waals surface area contributed by atoms with Crippen molar-refractivity contribution in [2.45, 2.75) is 33.1 Å². The van der Waals surface area contributed by atoms with E-state index in [0.29, 0.717) is 13.0 Å². The van der Waals surface area contributed by atoms with Gasteiger partial charge in [-0.1, -0.05) is 29.8 Å². The lowest BCUT2D eigenvalue weighted by molar-refractivity contribution is -0.117. The maximum atomic E-state index is 12.3. The zero-order valence-corrected chi connectivity index (χ0v) is 13.3. The number of nitrogens with one attached hydrogen (secondary N) is 1. The Bertz CT molecular complexity index is 704. The first-order valence-electron chi connectivity index (χ1n) is 7.72. The molecule has 0 saturated heterocycles. The monoisotopic (exact) mass is 295 g/mol. The van der Waals surface area contributed by atoms with Gasteiger partial charge in [0, 0.05) is 5.69 Å². The molecule has 0 spiro atoms. The predicted octanol–water partition coefficient (Wildman–Crippen LogP) is 3.98. The van der Waals surface area contributed by atoms with Crippen molar-refractivity contribution in [2.75, 3.05) is 11.9 Å². The standard InChI is InChI=1S/C19H21NO2/c1-4-22-15-7-5-14(6-8-15)11-17-16-10-12(2)9-13(3)18(16)20-19(17)21/h5-10,17H,4,11H2,1-3H3,(H,20,21). The van der Waals surface area contributed by atoms with Gasteiger partial charge in [0.25, 0.3) is 0 Å². The average Bonchev–Trinajstić information content (AvgIpc) is 2.79. The average molecular weight is 295 g/mol. The Balaban J connectivity index is 1.86. The van der Waals surface area contributed by atoms with Gasteiger partial charge in [-0.05, 0) is 56.0 Å². The molecule has 2 aromatic carbocycles. The Morgan fingerprint density at radius 1 is 1.14 bits per heavy atom. The summed E-state index contributed by atoms with van der Waals surface area (Å²) in [6.45, 7) is 6.75. The molecule has 0 fully saturated rings. The van der Waals surface area contributed by atoms with E-state index in [1.807, 2.05) is 38.1 Å². The van der Waals surface area contributed by atoms with Gasteiger partial charge in [-0.25, -0.2) is 0 Å². The van der Waals surface area contributed by atoms with Crippen LogP contribution in [0.25, 0.3) is 0 Å². The molecule has 2 aromatic rings. The molecule has 0 aliphatic carbocycles. The molecular formula is C19H21NO2. The molecule has 0 bridgehead atoms. The first-order valence-corrected chi connectivity index (χ1v) is 7.72. The molecule has 3 heteroatoms. The van der Waals surface area contributed by atoms with Crippen molar-refractivity contribution in [1.82, 2.24) is 0 Å². The summed E-state index contributed by atoms with van der Waals surface area (Å²) in [4.78, 5) is 12.3. The molecule has 1 amide bonds. The molecule has 3 rings (SSSR count). The second-order valence-electron chi connectivity index (χ2n) is 5.87. The third-order valence-corrected chi connectivity index (χ3v) is 4.12. The van der Waals surface area contributed by atoms with Crippen LogP contribution in [0, 0.1) is 13.8 Å². The van der Waals surface area contributed by atoms with Crippen molar-refractivity contribution in [2.24, 2.45) is 0 Å². The lowest BCUT2D eigenvalue weighted by Crippen LogP contribution is -2.14. The summed E-state index contributed by atoms with van der Waals surface area (Å²) in [5.74, 6) is 0.860. The fourth-order valence-electron chi connectivity index (χ4n) is 3.12. The van der Waals surface area contributed by atoms with E-state index < -0.39 is 0 Å². The first-order chi connectivity index (χ1) is 10.6. The fourth-order valence-corrected chi connectivity index (χ4v) is 3.12. The molecule has 0 aromatic heterocycles. The molecule has 1 atom stereocenters. The van der Waals surface area contributed by atoms with Gasteiger partial charge in [0.05, 0.1) is 12.5 Å². The predicted molar refractivity (Wildman–Crippen MR) is 88.6 cm³/mol. The van der Waals surface area contributed by atoms with Crippen LogP contribution >= 0.6 is 0 Å². The van der Waals surface area contributed by atoms with Gasteiger partial charge in [-0.2, -0.15) is 0 Å². The molecule has 22 heavy (non-hydrogen) atoms. The summed E-state index contributed by atoms with van der Waals surface area (Å²) in [5, 5.41) is 3.03. The highest BCUT2D eigenvalue weighted by atomic mass is 16.5. The van der Waals surface area contributed by atoms with E-state index in [4.69, 9.17) is 4.74 Å². The molecule has 1 heterocycles. The van der Waals surface area contributed by atoms with Crippen LogP contribution in [-0.2, 0) is 11.2 Å². The van der Waals surface area contributed by atoms with E-state index in [1.165, 1.54) is 5.56 Å². The van der Waals surface area contributed by atoms with E-state index >= 15 is 0 Å². The SMILES string of the molecule is CCOc1ccc(CC2C(=O)Nc3c(C)cc(C)cc32)cc1. The summed E-state index contributed by atoms with van der Waals surface area (Å²) >= 11 is 0. The van der Waals surface area contributed by atoms with Crippen molar-refractivity contribution in [3.63, 3.8) is 0 Å². The van der Waals surface area contributed by atoms with Gasteiger partial charge < -0.3 is 10.1 Å². The second kappa shape index (κ2) is 5.84. The number of carbonyl (C=O) groups is 1. The fraction of sp³-hybridized carbons (Fsp3) is 0.316. The van der Waals surface area contributed by atoms with Crippen molar-refractivity contribution < 1.29 is 9.53 Å². The summed E-state index contributed by atoms with van der Waals surface area (Å²) in [6.07, 6.45) is 0.716. The molecule has 1 N–H and O–H groups in total. The van der Waals surface area contributed by atoms with Gasteiger partial charge in [-0.3, -0.25) is 4.79 Å². The number of benzene rings is 2. The number of carbonyl (C=O) groups excluding carboxylic acids is 1. The number of amides is 1. The number of ether oxygens (including phenoxy) is 1. The minimum Gasteiger partial charge on any atom is -0.494 e. The molecule has 0 saturated carbocycles. The number of rotatable bonds is 4. The molecule has 0 radical (unpaired) electrons. The topological polar surface area (TPSA) is 38.3 Å². The van der Waals surface area contributed by atoms with Crippen LogP contribution < -0.4 is 10.1 Å². The highest BCUT2D eigenvalue weighted by Gasteiger charge is 2.31. The van der Waals surface area contributed by atoms with Crippen LogP contribution in [0.2, 0.25) is 0 Å². The summed E-state index contributed by atoms with van der Waals surface area (Å²) in [5.41, 5.74) is 5.60. The molecule has 1 aliphatic rings. The molecule has 3 nitrogen and oxygen atoms in total. The minimum atomic E-state index is -0.105. The van der Waals surface area contributed by atoms with Gasteiger partial charge in [0.15, 0.2) is 0 Å². The second-order valence-corrected chi connectivity index (χ2v) is 5.87. The van der Waals surface area contributed by atoms with Crippen molar-refractivity contribution in [1.29, 1.82) is 0 Å². The maximum Gasteiger partial charge on any atom is 0.232 e. The zero-order chi connectivity index (χ0) is 15.7. The lowest BCUT2D eigenvalue weighted by Gasteiger charge is -2.11. The van der Waals surface area contributed by atoms with Crippen LogP contribution in [0.4, 0.5) is 5.69 Å². The minimum absolute atomic E-state index is 0.0950. The molecule has 1 unspecified atom stereocenters. The van der Waals surface area contributed by atoms with Crippen LogP contribution in [0.1, 0.15) is 35.1 Å². The van der Waals surface area contributed by atoms with Crippen LogP contribution in [0.5, 0.6) is 5.75 Å². The Kier molecular flexibility index (Phi) is 3.88. The first kappa shape index (κ1) is 14.6.